The molecule has 1 aromatic rings. The first kappa shape index (κ1) is 17.4. The van der Waals surface area contributed by atoms with Crippen molar-refractivity contribution in [1.82, 2.24) is 10.2 Å². The van der Waals surface area contributed by atoms with Gasteiger partial charge in [-0.05, 0) is 40.4 Å². The summed E-state index contributed by atoms with van der Waals surface area (Å²) >= 11 is 3.43. The van der Waals surface area contributed by atoms with Crippen molar-refractivity contribution in [3.8, 4) is 0 Å². The number of rotatable bonds is 6. The molecule has 1 unspecified atom stereocenters. The molecule has 0 bridgehead atoms. The van der Waals surface area contributed by atoms with Crippen molar-refractivity contribution in [3.05, 3.63) is 34.3 Å². The first-order valence-corrected chi connectivity index (χ1v) is 8.71. The van der Waals surface area contributed by atoms with Crippen LogP contribution in [-0.2, 0) is 4.74 Å². The number of benzene rings is 1. The lowest BCUT2D eigenvalue weighted by Crippen LogP contribution is -2.49. The van der Waals surface area contributed by atoms with Gasteiger partial charge in [-0.25, -0.2) is 0 Å². The molecule has 1 N–H and O–H groups in total. The van der Waals surface area contributed by atoms with E-state index in [0.29, 0.717) is 24.1 Å². The minimum atomic E-state index is -0.0190. The first-order chi connectivity index (χ1) is 10.6. The summed E-state index contributed by atoms with van der Waals surface area (Å²) in [6, 6.07) is 7.90. The van der Waals surface area contributed by atoms with Gasteiger partial charge in [-0.15, -0.1) is 0 Å². The summed E-state index contributed by atoms with van der Waals surface area (Å²) in [5, 5.41) is 3.09. The van der Waals surface area contributed by atoms with Gasteiger partial charge in [0, 0.05) is 30.1 Å². The number of amides is 1. The Morgan fingerprint density at radius 2 is 2.00 bits per heavy atom. The quantitative estimate of drug-likeness (QED) is 0.839. The standard InChI is InChI=1S/C17H25BrN2O2/c1-13(2)11-14(20-7-9-22-10-8-20)12-19-17(21)15-5-3-4-6-16(15)18/h3-6,13-14H,7-12H2,1-2H3,(H,19,21). The lowest BCUT2D eigenvalue weighted by atomic mass is 10.0. The average Bonchev–Trinajstić information content (AvgIpc) is 2.52. The van der Waals surface area contributed by atoms with Crippen molar-refractivity contribution in [3.63, 3.8) is 0 Å². The summed E-state index contributed by atoms with van der Waals surface area (Å²) in [6.45, 7) is 8.59. The summed E-state index contributed by atoms with van der Waals surface area (Å²) in [5.74, 6) is 0.586. The van der Waals surface area contributed by atoms with E-state index in [9.17, 15) is 4.79 Å². The van der Waals surface area contributed by atoms with Crippen LogP contribution in [0.25, 0.3) is 0 Å². The molecule has 1 fully saturated rings. The SMILES string of the molecule is CC(C)CC(CNC(=O)c1ccccc1Br)N1CCOCC1. The smallest absolute Gasteiger partial charge is 0.252 e. The number of hydrogen-bond acceptors (Lipinski definition) is 3. The van der Waals surface area contributed by atoms with Gasteiger partial charge in [0.05, 0.1) is 18.8 Å². The summed E-state index contributed by atoms with van der Waals surface area (Å²) in [5.41, 5.74) is 0.688. The highest BCUT2D eigenvalue weighted by molar-refractivity contribution is 9.10. The van der Waals surface area contributed by atoms with Crippen LogP contribution < -0.4 is 5.32 Å². The normalized spacial score (nSPS) is 17.5. The molecule has 22 heavy (non-hydrogen) atoms. The number of carbonyl (C=O) groups is 1. The Morgan fingerprint density at radius 3 is 2.64 bits per heavy atom. The van der Waals surface area contributed by atoms with Crippen molar-refractivity contribution in [2.45, 2.75) is 26.3 Å². The van der Waals surface area contributed by atoms with Crippen molar-refractivity contribution in [2.75, 3.05) is 32.8 Å². The largest absolute Gasteiger partial charge is 0.379 e. The second kappa shape index (κ2) is 8.65. The third kappa shape index (κ3) is 5.07. The fourth-order valence-corrected chi connectivity index (χ4v) is 3.26. The topological polar surface area (TPSA) is 41.6 Å². The zero-order valence-corrected chi connectivity index (χ0v) is 14.9. The number of ether oxygens (including phenoxy) is 1. The Bertz CT molecular complexity index is 487. The molecule has 0 aliphatic carbocycles. The minimum absolute atomic E-state index is 0.0190. The van der Waals surface area contributed by atoms with Gasteiger partial charge in [-0.3, -0.25) is 9.69 Å². The number of carbonyl (C=O) groups excluding carboxylic acids is 1. The van der Waals surface area contributed by atoms with E-state index in [0.717, 1.165) is 37.2 Å². The fraction of sp³-hybridized carbons (Fsp3) is 0.588. The minimum Gasteiger partial charge on any atom is -0.379 e. The number of morpholine rings is 1. The zero-order valence-electron chi connectivity index (χ0n) is 13.3. The van der Waals surface area contributed by atoms with Crippen molar-refractivity contribution >= 4 is 21.8 Å². The molecule has 4 nitrogen and oxygen atoms in total. The second-order valence-corrected chi connectivity index (χ2v) is 6.98. The third-order valence-corrected chi connectivity index (χ3v) is 4.61. The van der Waals surface area contributed by atoms with Gasteiger partial charge in [0.2, 0.25) is 0 Å². The Hall–Kier alpha value is -0.910. The molecule has 1 aliphatic heterocycles. The van der Waals surface area contributed by atoms with Gasteiger partial charge in [0.15, 0.2) is 0 Å². The van der Waals surface area contributed by atoms with E-state index < -0.39 is 0 Å². The predicted octanol–water partition coefficient (Wildman–Crippen LogP) is 2.93. The van der Waals surface area contributed by atoms with E-state index in [1.807, 2.05) is 24.3 Å². The van der Waals surface area contributed by atoms with Gasteiger partial charge >= 0.3 is 0 Å². The highest BCUT2D eigenvalue weighted by atomic mass is 79.9. The highest BCUT2D eigenvalue weighted by Crippen LogP contribution is 2.16. The van der Waals surface area contributed by atoms with Crippen molar-refractivity contribution in [2.24, 2.45) is 5.92 Å². The molecule has 1 aromatic carbocycles. The molecule has 1 atom stereocenters. The lowest BCUT2D eigenvalue weighted by molar-refractivity contribution is 0.0124. The molecule has 1 saturated heterocycles. The Labute approximate surface area is 141 Å². The summed E-state index contributed by atoms with van der Waals surface area (Å²) in [6.07, 6.45) is 1.08. The number of nitrogens with one attached hydrogen (secondary N) is 1. The van der Waals surface area contributed by atoms with Crippen LogP contribution in [0.15, 0.2) is 28.7 Å². The summed E-state index contributed by atoms with van der Waals surface area (Å²) in [4.78, 5) is 14.8. The van der Waals surface area contributed by atoms with Crippen LogP contribution in [0.1, 0.15) is 30.6 Å². The zero-order chi connectivity index (χ0) is 15.9. The van der Waals surface area contributed by atoms with Gasteiger partial charge in [-0.2, -0.15) is 0 Å². The van der Waals surface area contributed by atoms with Crippen LogP contribution in [0.2, 0.25) is 0 Å². The van der Waals surface area contributed by atoms with E-state index in [2.05, 4.69) is 40.0 Å². The highest BCUT2D eigenvalue weighted by Gasteiger charge is 2.22. The van der Waals surface area contributed by atoms with Gasteiger partial charge < -0.3 is 10.1 Å². The molecule has 2 rings (SSSR count). The van der Waals surface area contributed by atoms with Crippen LogP contribution in [-0.4, -0.2) is 49.7 Å². The first-order valence-electron chi connectivity index (χ1n) is 7.92. The number of halogens is 1. The van der Waals surface area contributed by atoms with Crippen LogP contribution in [0.3, 0.4) is 0 Å². The summed E-state index contributed by atoms with van der Waals surface area (Å²) in [7, 11) is 0. The van der Waals surface area contributed by atoms with Gasteiger partial charge in [0.25, 0.3) is 5.91 Å². The Kier molecular flexibility index (Phi) is 6.86. The van der Waals surface area contributed by atoms with Gasteiger partial charge in [-0.1, -0.05) is 26.0 Å². The molecule has 1 aliphatic rings. The maximum absolute atomic E-state index is 12.4. The lowest BCUT2D eigenvalue weighted by Gasteiger charge is -2.35. The fourth-order valence-electron chi connectivity index (χ4n) is 2.80. The van der Waals surface area contributed by atoms with E-state index in [1.165, 1.54) is 0 Å². The van der Waals surface area contributed by atoms with E-state index >= 15 is 0 Å². The van der Waals surface area contributed by atoms with Crippen LogP contribution >= 0.6 is 15.9 Å². The summed E-state index contributed by atoms with van der Waals surface area (Å²) < 4.78 is 6.26. The Morgan fingerprint density at radius 1 is 1.32 bits per heavy atom. The van der Waals surface area contributed by atoms with Crippen molar-refractivity contribution < 1.29 is 9.53 Å². The molecular weight excluding hydrogens is 344 g/mol. The number of hydrogen-bond donors (Lipinski definition) is 1. The molecular formula is C17H25BrN2O2. The molecule has 1 heterocycles. The van der Waals surface area contributed by atoms with Crippen LogP contribution in [0.4, 0.5) is 0 Å². The third-order valence-electron chi connectivity index (χ3n) is 3.92. The molecule has 0 aromatic heterocycles. The van der Waals surface area contributed by atoms with Gasteiger partial charge in [0.1, 0.15) is 0 Å². The van der Waals surface area contributed by atoms with E-state index in [1.54, 1.807) is 0 Å². The van der Waals surface area contributed by atoms with Crippen LogP contribution in [0.5, 0.6) is 0 Å². The van der Waals surface area contributed by atoms with Crippen LogP contribution in [0, 0.1) is 5.92 Å². The maximum atomic E-state index is 12.4. The maximum Gasteiger partial charge on any atom is 0.252 e. The van der Waals surface area contributed by atoms with Crippen molar-refractivity contribution in [1.29, 1.82) is 0 Å². The monoisotopic (exact) mass is 368 g/mol. The second-order valence-electron chi connectivity index (χ2n) is 6.12. The van der Waals surface area contributed by atoms with E-state index in [4.69, 9.17) is 4.74 Å². The molecule has 0 saturated carbocycles. The predicted molar refractivity (Wildman–Crippen MR) is 92.1 cm³/mol. The molecule has 0 spiro atoms. The molecule has 1 amide bonds. The molecule has 0 radical (unpaired) electrons. The molecule has 5 heteroatoms. The van der Waals surface area contributed by atoms with E-state index in [-0.39, 0.29) is 5.91 Å². The Balaban J connectivity index is 1.95. The number of nitrogens with zero attached hydrogens (tertiary/aromatic N) is 1. The molecule has 122 valence electrons. The average molecular weight is 369 g/mol.